The largest absolute Gasteiger partial charge is 0.379 e. The van der Waals surface area contributed by atoms with E-state index in [4.69, 9.17) is 4.74 Å². The van der Waals surface area contributed by atoms with Gasteiger partial charge in [0.15, 0.2) is 5.78 Å². The molecule has 1 aliphatic rings. The molecule has 1 saturated heterocycles. The molecule has 1 aromatic heterocycles. The topological polar surface area (TPSA) is 58.2 Å². The Morgan fingerprint density at radius 3 is 2.95 bits per heavy atom. The number of nitrogens with zero attached hydrogens (tertiary/aromatic N) is 2. The fourth-order valence-electron chi connectivity index (χ4n) is 2.46. The number of carbonyl (C=O) groups is 1. The number of ketones is 1. The molecule has 0 radical (unpaired) electrons. The van der Waals surface area contributed by atoms with Crippen LogP contribution in [-0.2, 0) is 11.2 Å². The smallest absolute Gasteiger partial charge is 0.176 e. The van der Waals surface area contributed by atoms with Crippen molar-refractivity contribution in [1.82, 2.24) is 14.9 Å². The molecule has 0 spiro atoms. The van der Waals surface area contributed by atoms with E-state index >= 15 is 0 Å². The van der Waals surface area contributed by atoms with E-state index in [1.54, 1.807) is 0 Å². The van der Waals surface area contributed by atoms with Crippen LogP contribution < -0.4 is 0 Å². The van der Waals surface area contributed by atoms with Gasteiger partial charge in [-0.05, 0) is 18.2 Å². The molecule has 1 aliphatic heterocycles. The minimum absolute atomic E-state index is 0.154. The molecule has 1 N–H and O–H groups in total. The van der Waals surface area contributed by atoms with Crippen molar-refractivity contribution >= 4 is 16.8 Å². The lowest BCUT2D eigenvalue weighted by atomic mass is 10.1. The molecule has 3 rings (SSSR count). The van der Waals surface area contributed by atoms with Crippen molar-refractivity contribution in [3.8, 4) is 0 Å². The van der Waals surface area contributed by atoms with Gasteiger partial charge in [0.25, 0.3) is 0 Å². The predicted molar refractivity (Wildman–Crippen MR) is 77.1 cm³/mol. The molecule has 2 heterocycles. The maximum absolute atomic E-state index is 12.3. The fourth-order valence-corrected chi connectivity index (χ4v) is 2.46. The Balaban J connectivity index is 1.76. The first-order chi connectivity index (χ1) is 9.76. The second-order valence-corrected chi connectivity index (χ2v) is 5.08. The SMILES string of the molecule is CCc1nc2ccc(C(=O)CN3CCOCC3)cc2[nH]1. The first kappa shape index (κ1) is 13.3. The third-order valence-corrected chi connectivity index (χ3v) is 3.66. The number of H-pyrrole nitrogens is 1. The number of ether oxygens (including phenoxy) is 1. The molecule has 0 aliphatic carbocycles. The molecule has 5 heteroatoms. The zero-order chi connectivity index (χ0) is 13.9. The molecule has 5 nitrogen and oxygen atoms in total. The van der Waals surface area contributed by atoms with Gasteiger partial charge in [0.1, 0.15) is 5.82 Å². The average molecular weight is 273 g/mol. The van der Waals surface area contributed by atoms with Crippen LogP contribution in [0.25, 0.3) is 11.0 Å². The minimum atomic E-state index is 0.154. The Kier molecular flexibility index (Phi) is 3.80. The molecule has 2 aromatic rings. The highest BCUT2D eigenvalue weighted by Gasteiger charge is 2.16. The van der Waals surface area contributed by atoms with Gasteiger partial charge in [-0.1, -0.05) is 6.92 Å². The van der Waals surface area contributed by atoms with Gasteiger partial charge in [0.05, 0.1) is 30.8 Å². The van der Waals surface area contributed by atoms with Gasteiger partial charge >= 0.3 is 0 Å². The molecule has 106 valence electrons. The van der Waals surface area contributed by atoms with E-state index in [2.05, 4.69) is 21.8 Å². The zero-order valence-corrected chi connectivity index (χ0v) is 11.7. The number of Topliss-reactive ketones (excluding diaryl/α,β-unsaturated/α-hetero) is 1. The first-order valence-corrected chi connectivity index (χ1v) is 7.08. The highest BCUT2D eigenvalue weighted by Crippen LogP contribution is 2.15. The predicted octanol–water partition coefficient (Wildman–Crippen LogP) is 1.64. The van der Waals surface area contributed by atoms with Gasteiger partial charge < -0.3 is 9.72 Å². The third kappa shape index (κ3) is 2.73. The normalized spacial score (nSPS) is 16.6. The number of aromatic amines is 1. The third-order valence-electron chi connectivity index (χ3n) is 3.66. The average Bonchev–Trinajstić information content (AvgIpc) is 2.90. The summed E-state index contributed by atoms with van der Waals surface area (Å²) in [6.45, 7) is 5.61. The Morgan fingerprint density at radius 2 is 2.20 bits per heavy atom. The van der Waals surface area contributed by atoms with Crippen LogP contribution in [-0.4, -0.2) is 53.5 Å². The summed E-state index contributed by atoms with van der Waals surface area (Å²) in [6.07, 6.45) is 0.867. The van der Waals surface area contributed by atoms with Crippen molar-refractivity contribution in [2.24, 2.45) is 0 Å². The molecule has 0 atom stereocenters. The quantitative estimate of drug-likeness (QED) is 0.860. The monoisotopic (exact) mass is 273 g/mol. The summed E-state index contributed by atoms with van der Waals surface area (Å²) in [5.74, 6) is 1.11. The van der Waals surface area contributed by atoms with Crippen molar-refractivity contribution in [3.63, 3.8) is 0 Å². The number of nitrogens with one attached hydrogen (secondary N) is 1. The number of benzene rings is 1. The summed E-state index contributed by atoms with van der Waals surface area (Å²) in [6, 6.07) is 5.69. The molecule has 1 fully saturated rings. The standard InChI is InChI=1S/C15H19N3O2/c1-2-15-16-12-4-3-11(9-13(12)17-15)14(19)10-18-5-7-20-8-6-18/h3-4,9H,2,5-8,10H2,1H3,(H,16,17). The number of fused-ring (bicyclic) bond motifs is 1. The molecule has 0 bridgehead atoms. The lowest BCUT2D eigenvalue weighted by molar-refractivity contribution is 0.0371. The maximum atomic E-state index is 12.3. The van der Waals surface area contributed by atoms with Crippen LogP contribution in [0.4, 0.5) is 0 Å². The summed E-state index contributed by atoms with van der Waals surface area (Å²) >= 11 is 0. The van der Waals surface area contributed by atoms with Crippen molar-refractivity contribution in [3.05, 3.63) is 29.6 Å². The van der Waals surface area contributed by atoms with E-state index < -0.39 is 0 Å². The van der Waals surface area contributed by atoms with Crippen LogP contribution in [0.3, 0.4) is 0 Å². The Labute approximate surface area is 117 Å². The van der Waals surface area contributed by atoms with E-state index in [0.29, 0.717) is 19.8 Å². The second kappa shape index (κ2) is 5.73. The van der Waals surface area contributed by atoms with E-state index in [0.717, 1.165) is 41.9 Å². The van der Waals surface area contributed by atoms with Crippen molar-refractivity contribution in [1.29, 1.82) is 0 Å². The van der Waals surface area contributed by atoms with Crippen molar-refractivity contribution in [2.75, 3.05) is 32.8 Å². The molecule has 1 aromatic carbocycles. The van der Waals surface area contributed by atoms with Crippen LogP contribution in [0.5, 0.6) is 0 Å². The molecule has 0 amide bonds. The summed E-state index contributed by atoms with van der Waals surface area (Å²) in [5, 5.41) is 0. The van der Waals surface area contributed by atoms with Gasteiger partial charge in [0, 0.05) is 25.1 Å². The summed E-state index contributed by atoms with van der Waals surface area (Å²) in [5.41, 5.74) is 2.61. The lowest BCUT2D eigenvalue weighted by Gasteiger charge is -2.25. The number of aryl methyl sites for hydroxylation is 1. The summed E-state index contributed by atoms with van der Waals surface area (Å²) in [7, 11) is 0. The number of hydrogen-bond acceptors (Lipinski definition) is 4. The highest BCUT2D eigenvalue weighted by atomic mass is 16.5. The van der Waals surface area contributed by atoms with Gasteiger partial charge in [-0.25, -0.2) is 4.98 Å². The zero-order valence-electron chi connectivity index (χ0n) is 11.7. The van der Waals surface area contributed by atoms with E-state index in [1.165, 1.54) is 0 Å². The van der Waals surface area contributed by atoms with E-state index in [1.807, 2.05) is 18.2 Å². The number of aromatic nitrogens is 2. The van der Waals surface area contributed by atoms with Crippen LogP contribution in [0.1, 0.15) is 23.1 Å². The van der Waals surface area contributed by atoms with E-state index in [-0.39, 0.29) is 5.78 Å². The van der Waals surface area contributed by atoms with Gasteiger partial charge in [-0.3, -0.25) is 9.69 Å². The van der Waals surface area contributed by atoms with Gasteiger partial charge in [-0.15, -0.1) is 0 Å². The van der Waals surface area contributed by atoms with Crippen molar-refractivity contribution < 1.29 is 9.53 Å². The molecular weight excluding hydrogens is 254 g/mol. The number of morpholine rings is 1. The van der Waals surface area contributed by atoms with E-state index in [9.17, 15) is 4.79 Å². The van der Waals surface area contributed by atoms with Crippen LogP contribution in [0.15, 0.2) is 18.2 Å². The molecule has 0 saturated carbocycles. The Hall–Kier alpha value is -1.72. The number of rotatable bonds is 4. The van der Waals surface area contributed by atoms with Gasteiger partial charge in [0.2, 0.25) is 0 Å². The van der Waals surface area contributed by atoms with Gasteiger partial charge in [-0.2, -0.15) is 0 Å². The van der Waals surface area contributed by atoms with Crippen LogP contribution in [0, 0.1) is 0 Å². The molecule has 20 heavy (non-hydrogen) atoms. The van der Waals surface area contributed by atoms with Crippen LogP contribution in [0.2, 0.25) is 0 Å². The second-order valence-electron chi connectivity index (χ2n) is 5.08. The number of carbonyl (C=O) groups excluding carboxylic acids is 1. The van der Waals surface area contributed by atoms with Crippen molar-refractivity contribution in [2.45, 2.75) is 13.3 Å². The number of hydrogen-bond donors (Lipinski definition) is 1. The Morgan fingerprint density at radius 1 is 1.40 bits per heavy atom. The maximum Gasteiger partial charge on any atom is 0.176 e. The Bertz CT molecular complexity index is 615. The fraction of sp³-hybridized carbons (Fsp3) is 0.467. The minimum Gasteiger partial charge on any atom is -0.379 e. The summed E-state index contributed by atoms with van der Waals surface area (Å²) in [4.78, 5) is 22.2. The van der Waals surface area contributed by atoms with Crippen LogP contribution >= 0.6 is 0 Å². The first-order valence-electron chi connectivity index (χ1n) is 7.08. The molecular formula is C15H19N3O2. The number of imidazole rings is 1. The molecule has 0 unspecified atom stereocenters. The lowest BCUT2D eigenvalue weighted by Crippen LogP contribution is -2.39. The summed E-state index contributed by atoms with van der Waals surface area (Å²) < 4.78 is 5.29. The highest BCUT2D eigenvalue weighted by molar-refractivity contribution is 6.00.